The molecular formula is C42H30Si. The number of rotatable bonds is 5. The first kappa shape index (κ1) is 25.5. The van der Waals surface area contributed by atoms with E-state index in [4.69, 9.17) is 0 Å². The molecule has 0 aliphatic heterocycles. The van der Waals surface area contributed by atoms with Crippen molar-refractivity contribution in [3.8, 4) is 33.4 Å². The lowest BCUT2D eigenvalue weighted by Gasteiger charge is -2.20. The first-order chi connectivity index (χ1) is 21.3. The fourth-order valence-electron chi connectivity index (χ4n) is 6.67. The highest BCUT2D eigenvalue weighted by molar-refractivity contribution is 6.67. The van der Waals surface area contributed by atoms with Gasteiger partial charge in [0.1, 0.15) is 0 Å². The lowest BCUT2D eigenvalue weighted by Crippen LogP contribution is -2.26. The molecule has 8 aromatic carbocycles. The summed E-state index contributed by atoms with van der Waals surface area (Å²) in [6, 6.07) is 62.5. The summed E-state index contributed by atoms with van der Waals surface area (Å²) >= 11 is 0. The number of hydrogen-bond donors (Lipinski definition) is 0. The lowest BCUT2D eigenvalue weighted by atomic mass is 9.84. The second-order valence-corrected chi connectivity index (χ2v) is 13.3. The first-order valence-electron chi connectivity index (χ1n) is 15.0. The average molecular weight is 563 g/mol. The van der Waals surface area contributed by atoms with Crippen LogP contribution in [-0.4, -0.2) is 9.52 Å². The Hall–Kier alpha value is -5.24. The summed E-state index contributed by atoms with van der Waals surface area (Å²) < 4.78 is 0. The van der Waals surface area contributed by atoms with Crippen molar-refractivity contribution in [3.63, 3.8) is 0 Å². The standard InChI is InChI=1S/C42H30Si/c1-3-12-29(13-4-1)30-22-24-32(25-23-30)41-37-19-9-10-20-38(37)42(36-21-11-15-31-14-7-8-18-35(31)36)39-27-26-34(28-40(39)41)43-33-16-5-2-6-17-33/h1-28H,43H2. The molecule has 0 aliphatic rings. The van der Waals surface area contributed by atoms with E-state index in [2.05, 4.69) is 170 Å². The molecule has 0 spiro atoms. The molecule has 0 amide bonds. The van der Waals surface area contributed by atoms with Gasteiger partial charge in [0.15, 0.2) is 0 Å². The summed E-state index contributed by atoms with van der Waals surface area (Å²) in [5.41, 5.74) is 7.66. The Labute approximate surface area is 254 Å². The second-order valence-electron chi connectivity index (χ2n) is 11.3. The van der Waals surface area contributed by atoms with Crippen molar-refractivity contribution in [2.24, 2.45) is 0 Å². The third kappa shape index (κ3) is 4.65. The highest BCUT2D eigenvalue weighted by Crippen LogP contribution is 2.45. The van der Waals surface area contributed by atoms with E-state index in [-0.39, 0.29) is 0 Å². The van der Waals surface area contributed by atoms with E-state index >= 15 is 0 Å². The Morgan fingerprint density at radius 3 is 1.63 bits per heavy atom. The van der Waals surface area contributed by atoms with E-state index in [0.29, 0.717) is 0 Å². The Balaban J connectivity index is 1.43. The largest absolute Gasteiger partial charge is 0.0875 e. The van der Waals surface area contributed by atoms with Crippen LogP contribution in [0.2, 0.25) is 0 Å². The summed E-state index contributed by atoms with van der Waals surface area (Å²) in [4.78, 5) is 0. The highest BCUT2D eigenvalue weighted by atomic mass is 28.2. The molecule has 0 saturated heterocycles. The van der Waals surface area contributed by atoms with Crippen molar-refractivity contribution in [2.45, 2.75) is 0 Å². The maximum Gasteiger partial charge on any atom is 0.0875 e. The van der Waals surface area contributed by atoms with Crippen molar-refractivity contribution < 1.29 is 0 Å². The van der Waals surface area contributed by atoms with Gasteiger partial charge in [0.2, 0.25) is 0 Å². The van der Waals surface area contributed by atoms with Gasteiger partial charge >= 0.3 is 0 Å². The van der Waals surface area contributed by atoms with Gasteiger partial charge in [-0.15, -0.1) is 0 Å². The highest BCUT2D eigenvalue weighted by Gasteiger charge is 2.18. The van der Waals surface area contributed by atoms with Crippen LogP contribution in [0.4, 0.5) is 0 Å². The Morgan fingerprint density at radius 1 is 0.302 bits per heavy atom. The van der Waals surface area contributed by atoms with Gasteiger partial charge in [0.05, 0.1) is 9.52 Å². The molecule has 0 radical (unpaired) electrons. The van der Waals surface area contributed by atoms with Crippen LogP contribution in [0.15, 0.2) is 170 Å². The van der Waals surface area contributed by atoms with Crippen LogP contribution in [0.1, 0.15) is 0 Å². The first-order valence-corrected chi connectivity index (χ1v) is 16.4. The zero-order chi connectivity index (χ0) is 28.6. The number of hydrogen-bond acceptors (Lipinski definition) is 0. The summed E-state index contributed by atoms with van der Waals surface area (Å²) in [6.45, 7) is 0. The molecule has 0 N–H and O–H groups in total. The van der Waals surface area contributed by atoms with Crippen LogP contribution in [0.3, 0.4) is 0 Å². The maximum atomic E-state index is 2.50. The van der Waals surface area contributed by atoms with Crippen molar-refractivity contribution in [1.29, 1.82) is 0 Å². The summed E-state index contributed by atoms with van der Waals surface area (Å²) in [5, 5.41) is 10.7. The molecule has 202 valence electrons. The molecule has 0 aromatic heterocycles. The minimum Gasteiger partial charge on any atom is -0.0633 e. The Kier molecular flexibility index (Phi) is 6.44. The lowest BCUT2D eigenvalue weighted by molar-refractivity contribution is 1.61. The fourth-order valence-corrected chi connectivity index (χ4v) is 8.19. The van der Waals surface area contributed by atoms with E-state index in [1.54, 1.807) is 0 Å². The van der Waals surface area contributed by atoms with Crippen molar-refractivity contribution in [2.75, 3.05) is 0 Å². The summed E-state index contributed by atoms with van der Waals surface area (Å²) in [7, 11) is -0.620. The van der Waals surface area contributed by atoms with E-state index < -0.39 is 9.52 Å². The van der Waals surface area contributed by atoms with Crippen molar-refractivity contribution in [1.82, 2.24) is 0 Å². The van der Waals surface area contributed by atoms with Gasteiger partial charge in [-0.25, -0.2) is 0 Å². The zero-order valence-electron chi connectivity index (χ0n) is 23.9. The Morgan fingerprint density at radius 2 is 0.860 bits per heavy atom. The summed E-state index contributed by atoms with van der Waals surface area (Å²) in [6.07, 6.45) is 0. The molecule has 8 aromatic rings. The second kappa shape index (κ2) is 10.9. The van der Waals surface area contributed by atoms with Crippen LogP contribution < -0.4 is 10.4 Å². The Bertz CT molecular complexity index is 2230. The van der Waals surface area contributed by atoms with Gasteiger partial charge in [-0.3, -0.25) is 0 Å². The van der Waals surface area contributed by atoms with Gasteiger partial charge in [0.25, 0.3) is 0 Å². The molecular weight excluding hydrogens is 533 g/mol. The fraction of sp³-hybridized carbons (Fsp3) is 0. The molecule has 43 heavy (non-hydrogen) atoms. The zero-order valence-corrected chi connectivity index (χ0v) is 25.3. The SMILES string of the molecule is c1ccc([SiH2]c2ccc3c(-c4cccc5ccccc45)c4ccccc4c(-c4ccc(-c5ccccc5)cc4)c3c2)cc1. The molecule has 8 rings (SSSR count). The predicted octanol–water partition coefficient (Wildman–Crippen LogP) is 9.27. The molecule has 0 aliphatic carbocycles. The third-order valence-electron chi connectivity index (χ3n) is 8.68. The smallest absolute Gasteiger partial charge is 0.0633 e. The van der Waals surface area contributed by atoms with Crippen molar-refractivity contribution in [3.05, 3.63) is 170 Å². The molecule has 0 atom stereocenters. The molecule has 0 bridgehead atoms. The van der Waals surface area contributed by atoms with Crippen molar-refractivity contribution >= 4 is 52.2 Å². The molecule has 0 fully saturated rings. The van der Waals surface area contributed by atoms with Crippen LogP contribution in [-0.2, 0) is 0 Å². The predicted molar refractivity (Wildman–Crippen MR) is 190 cm³/mol. The summed E-state index contributed by atoms with van der Waals surface area (Å²) in [5.74, 6) is 0. The molecule has 0 saturated carbocycles. The molecule has 0 unspecified atom stereocenters. The minimum absolute atomic E-state index is 0.620. The minimum atomic E-state index is -0.620. The van der Waals surface area contributed by atoms with Gasteiger partial charge in [-0.1, -0.05) is 180 Å². The van der Waals surface area contributed by atoms with Crippen LogP contribution in [0, 0.1) is 0 Å². The van der Waals surface area contributed by atoms with Gasteiger partial charge in [0, 0.05) is 0 Å². The van der Waals surface area contributed by atoms with Gasteiger partial charge in [-0.05, 0) is 65.7 Å². The van der Waals surface area contributed by atoms with Crippen LogP contribution in [0.5, 0.6) is 0 Å². The maximum absolute atomic E-state index is 2.50. The van der Waals surface area contributed by atoms with Gasteiger partial charge in [-0.2, -0.15) is 0 Å². The normalized spacial score (nSPS) is 11.6. The van der Waals surface area contributed by atoms with Crippen LogP contribution in [0.25, 0.3) is 65.7 Å². The molecule has 0 heterocycles. The quantitative estimate of drug-likeness (QED) is 0.145. The number of fused-ring (bicyclic) bond motifs is 3. The number of benzene rings is 8. The average Bonchev–Trinajstić information content (AvgIpc) is 3.08. The van der Waals surface area contributed by atoms with E-state index in [1.807, 2.05) is 0 Å². The van der Waals surface area contributed by atoms with E-state index in [9.17, 15) is 0 Å². The molecule has 0 nitrogen and oxygen atoms in total. The van der Waals surface area contributed by atoms with Gasteiger partial charge < -0.3 is 0 Å². The van der Waals surface area contributed by atoms with Crippen LogP contribution >= 0.6 is 0 Å². The van der Waals surface area contributed by atoms with E-state index in [1.165, 1.54) is 76.1 Å². The monoisotopic (exact) mass is 562 g/mol. The third-order valence-corrected chi connectivity index (χ3v) is 10.4. The molecule has 1 heteroatoms. The van der Waals surface area contributed by atoms with E-state index in [0.717, 1.165) is 0 Å². The topological polar surface area (TPSA) is 0 Å².